The molecule has 1 unspecified atom stereocenters. The van der Waals surface area contributed by atoms with Crippen molar-refractivity contribution in [1.82, 2.24) is 5.32 Å². The SMILES string of the molecule is CC(C)c1ccc(C(=O)NCC(C)(CO)CC(=O)O)cc1. The van der Waals surface area contributed by atoms with Gasteiger partial charge in [0, 0.05) is 17.5 Å². The fraction of sp³-hybridized carbons (Fsp3) is 0.500. The van der Waals surface area contributed by atoms with Crippen LogP contribution in [0, 0.1) is 5.41 Å². The molecule has 3 N–H and O–H groups in total. The zero-order valence-corrected chi connectivity index (χ0v) is 12.7. The maximum absolute atomic E-state index is 12.0. The largest absolute Gasteiger partial charge is 0.481 e. The Kier molecular flexibility index (Phi) is 5.90. The molecule has 1 atom stereocenters. The van der Waals surface area contributed by atoms with E-state index in [1.54, 1.807) is 19.1 Å². The van der Waals surface area contributed by atoms with Crippen LogP contribution in [0.2, 0.25) is 0 Å². The van der Waals surface area contributed by atoms with Gasteiger partial charge in [-0.1, -0.05) is 32.9 Å². The third kappa shape index (κ3) is 5.19. The number of benzene rings is 1. The van der Waals surface area contributed by atoms with Crippen LogP contribution < -0.4 is 5.32 Å². The number of nitrogens with one attached hydrogen (secondary N) is 1. The van der Waals surface area contributed by atoms with Gasteiger partial charge in [-0.2, -0.15) is 0 Å². The van der Waals surface area contributed by atoms with Crippen LogP contribution in [0.25, 0.3) is 0 Å². The maximum atomic E-state index is 12.0. The van der Waals surface area contributed by atoms with E-state index in [4.69, 9.17) is 5.11 Å². The zero-order valence-electron chi connectivity index (χ0n) is 12.7. The van der Waals surface area contributed by atoms with E-state index >= 15 is 0 Å². The Labute approximate surface area is 125 Å². The van der Waals surface area contributed by atoms with E-state index in [1.165, 1.54) is 0 Å². The van der Waals surface area contributed by atoms with E-state index in [0.717, 1.165) is 5.56 Å². The molecule has 0 heterocycles. The Bertz CT molecular complexity index is 496. The maximum Gasteiger partial charge on any atom is 0.304 e. The summed E-state index contributed by atoms with van der Waals surface area (Å²) in [5.41, 5.74) is 0.812. The fourth-order valence-corrected chi connectivity index (χ4v) is 1.95. The van der Waals surface area contributed by atoms with Gasteiger partial charge < -0.3 is 15.5 Å². The summed E-state index contributed by atoms with van der Waals surface area (Å²) in [6.07, 6.45) is -0.198. The minimum Gasteiger partial charge on any atom is -0.481 e. The molecule has 0 aliphatic rings. The second-order valence-corrected chi connectivity index (χ2v) is 6.00. The predicted molar refractivity (Wildman–Crippen MR) is 80.3 cm³/mol. The molecule has 1 rings (SSSR count). The number of rotatable bonds is 7. The summed E-state index contributed by atoms with van der Waals surface area (Å²) >= 11 is 0. The number of carbonyl (C=O) groups excluding carboxylic acids is 1. The molecule has 0 radical (unpaired) electrons. The zero-order chi connectivity index (χ0) is 16.0. The number of hydrogen-bond acceptors (Lipinski definition) is 3. The quantitative estimate of drug-likeness (QED) is 0.717. The summed E-state index contributed by atoms with van der Waals surface area (Å²) in [5, 5.41) is 20.8. The Morgan fingerprint density at radius 2 is 1.81 bits per heavy atom. The van der Waals surface area contributed by atoms with Gasteiger partial charge in [0.15, 0.2) is 0 Å². The number of aliphatic hydroxyl groups excluding tert-OH is 1. The first-order chi connectivity index (χ1) is 9.77. The third-order valence-electron chi connectivity index (χ3n) is 3.47. The number of amides is 1. The number of carboxylic acids is 1. The minimum atomic E-state index is -0.998. The molecule has 0 aliphatic heterocycles. The van der Waals surface area contributed by atoms with Crippen molar-refractivity contribution in [2.24, 2.45) is 5.41 Å². The van der Waals surface area contributed by atoms with Crippen LogP contribution in [-0.4, -0.2) is 35.2 Å². The van der Waals surface area contributed by atoms with Gasteiger partial charge in [-0.05, 0) is 23.6 Å². The van der Waals surface area contributed by atoms with E-state index in [2.05, 4.69) is 19.2 Å². The summed E-state index contributed by atoms with van der Waals surface area (Å²) in [5.74, 6) is -0.868. The number of aliphatic hydroxyl groups is 1. The van der Waals surface area contributed by atoms with Gasteiger partial charge in [-0.3, -0.25) is 9.59 Å². The third-order valence-corrected chi connectivity index (χ3v) is 3.47. The van der Waals surface area contributed by atoms with Crippen LogP contribution in [-0.2, 0) is 4.79 Å². The van der Waals surface area contributed by atoms with Gasteiger partial charge in [0.25, 0.3) is 5.91 Å². The van der Waals surface area contributed by atoms with Gasteiger partial charge in [0.05, 0.1) is 13.0 Å². The molecule has 0 bridgehead atoms. The lowest BCUT2D eigenvalue weighted by molar-refractivity contribution is -0.140. The Hall–Kier alpha value is -1.88. The van der Waals surface area contributed by atoms with Crippen molar-refractivity contribution >= 4 is 11.9 Å². The highest BCUT2D eigenvalue weighted by molar-refractivity contribution is 5.94. The Morgan fingerprint density at radius 3 is 2.24 bits per heavy atom. The monoisotopic (exact) mass is 293 g/mol. The molecule has 1 amide bonds. The van der Waals surface area contributed by atoms with Crippen molar-refractivity contribution in [3.63, 3.8) is 0 Å². The van der Waals surface area contributed by atoms with Crippen LogP contribution >= 0.6 is 0 Å². The highest BCUT2D eigenvalue weighted by Crippen LogP contribution is 2.20. The topological polar surface area (TPSA) is 86.6 Å². The van der Waals surface area contributed by atoms with Gasteiger partial charge >= 0.3 is 5.97 Å². The number of carbonyl (C=O) groups is 2. The van der Waals surface area contributed by atoms with Crippen molar-refractivity contribution in [2.75, 3.05) is 13.2 Å². The standard InChI is InChI=1S/C16H23NO4/c1-11(2)12-4-6-13(7-5-12)15(21)17-9-16(3,10-18)8-14(19)20/h4-7,11,18H,8-10H2,1-3H3,(H,17,21)(H,19,20). The molecule has 0 spiro atoms. The van der Waals surface area contributed by atoms with Crippen LogP contribution in [0.3, 0.4) is 0 Å². The first-order valence-electron chi connectivity index (χ1n) is 6.98. The van der Waals surface area contributed by atoms with Crippen molar-refractivity contribution in [1.29, 1.82) is 0 Å². The molecule has 116 valence electrons. The summed E-state index contributed by atoms with van der Waals surface area (Å²) < 4.78 is 0. The lowest BCUT2D eigenvalue weighted by atomic mass is 9.87. The van der Waals surface area contributed by atoms with Crippen molar-refractivity contribution < 1.29 is 19.8 Å². The van der Waals surface area contributed by atoms with Gasteiger partial charge in [0.2, 0.25) is 0 Å². The second-order valence-electron chi connectivity index (χ2n) is 6.00. The average molecular weight is 293 g/mol. The van der Waals surface area contributed by atoms with Crippen molar-refractivity contribution in [3.05, 3.63) is 35.4 Å². The number of carboxylic acid groups (broad SMARTS) is 1. The summed E-state index contributed by atoms with van der Waals surface area (Å²) in [6, 6.07) is 7.31. The molecule has 0 saturated heterocycles. The highest BCUT2D eigenvalue weighted by atomic mass is 16.4. The van der Waals surface area contributed by atoms with E-state index in [9.17, 15) is 14.7 Å². The minimum absolute atomic E-state index is 0.112. The fourth-order valence-electron chi connectivity index (χ4n) is 1.95. The normalized spacial score (nSPS) is 13.8. The van der Waals surface area contributed by atoms with Crippen LogP contribution in [0.1, 0.15) is 49.0 Å². The lowest BCUT2D eigenvalue weighted by Crippen LogP contribution is -2.39. The molecule has 5 heteroatoms. The molecule has 1 aromatic rings. The van der Waals surface area contributed by atoms with E-state index in [1.807, 2.05) is 12.1 Å². The molecule has 1 aromatic carbocycles. The van der Waals surface area contributed by atoms with Gasteiger partial charge in [-0.15, -0.1) is 0 Å². The molecule has 0 saturated carbocycles. The molecule has 0 aromatic heterocycles. The van der Waals surface area contributed by atoms with Crippen molar-refractivity contribution in [2.45, 2.75) is 33.1 Å². The van der Waals surface area contributed by atoms with Crippen molar-refractivity contribution in [3.8, 4) is 0 Å². The van der Waals surface area contributed by atoms with Crippen LogP contribution in [0.4, 0.5) is 0 Å². The second kappa shape index (κ2) is 7.22. The Balaban J connectivity index is 2.66. The number of aliphatic carboxylic acids is 1. The molecule has 5 nitrogen and oxygen atoms in total. The van der Waals surface area contributed by atoms with Crippen LogP contribution in [0.15, 0.2) is 24.3 Å². The molecular weight excluding hydrogens is 270 g/mol. The predicted octanol–water partition coefficient (Wildman–Crippen LogP) is 2.01. The Morgan fingerprint density at radius 1 is 1.24 bits per heavy atom. The molecule has 0 fully saturated rings. The first-order valence-corrected chi connectivity index (χ1v) is 6.98. The number of hydrogen-bond donors (Lipinski definition) is 3. The first kappa shape index (κ1) is 17.2. The van der Waals surface area contributed by atoms with E-state index < -0.39 is 11.4 Å². The molecule has 21 heavy (non-hydrogen) atoms. The lowest BCUT2D eigenvalue weighted by Gasteiger charge is -2.25. The smallest absolute Gasteiger partial charge is 0.304 e. The van der Waals surface area contributed by atoms with Crippen LogP contribution in [0.5, 0.6) is 0 Å². The molecular formula is C16H23NO4. The summed E-state index contributed by atoms with van der Waals surface area (Å²) in [6.45, 7) is 5.59. The highest BCUT2D eigenvalue weighted by Gasteiger charge is 2.27. The van der Waals surface area contributed by atoms with E-state index in [-0.39, 0.29) is 25.5 Å². The average Bonchev–Trinajstić information content (AvgIpc) is 2.44. The van der Waals surface area contributed by atoms with Gasteiger partial charge in [0.1, 0.15) is 0 Å². The molecule has 0 aliphatic carbocycles. The van der Waals surface area contributed by atoms with E-state index in [0.29, 0.717) is 11.5 Å². The van der Waals surface area contributed by atoms with Gasteiger partial charge in [-0.25, -0.2) is 0 Å². The summed E-state index contributed by atoms with van der Waals surface area (Å²) in [4.78, 5) is 22.8. The summed E-state index contributed by atoms with van der Waals surface area (Å²) in [7, 11) is 0.